The van der Waals surface area contributed by atoms with Crippen molar-refractivity contribution in [2.24, 2.45) is 0 Å². The van der Waals surface area contributed by atoms with Crippen molar-refractivity contribution in [3.8, 4) is 0 Å². The van der Waals surface area contributed by atoms with Crippen LogP contribution in [0.4, 0.5) is 5.00 Å². The van der Waals surface area contributed by atoms with E-state index in [0.29, 0.717) is 17.1 Å². The summed E-state index contributed by atoms with van der Waals surface area (Å²) in [5, 5.41) is 4.37. The van der Waals surface area contributed by atoms with Gasteiger partial charge < -0.3 is 10.1 Å². The number of thioether (sulfide) groups is 1. The highest BCUT2D eigenvalue weighted by atomic mass is 32.2. The topological polar surface area (TPSA) is 75.1 Å². The summed E-state index contributed by atoms with van der Waals surface area (Å²) in [7, 11) is 0. The molecule has 1 amide bonds. The van der Waals surface area contributed by atoms with Crippen LogP contribution in [0.25, 0.3) is 11.0 Å². The molecule has 0 aliphatic carbocycles. The number of amides is 1. The number of benzene rings is 2. The Labute approximate surface area is 201 Å². The number of hydrogen-bond acceptors (Lipinski definition) is 5. The van der Waals surface area contributed by atoms with Gasteiger partial charge in [0.15, 0.2) is 11.0 Å². The number of nitrogens with zero attached hydrogens (tertiary/aromatic N) is 1. The average Bonchev–Trinajstić information content (AvgIpc) is 3.29. The molecule has 0 saturated carbocycles. The Morgan fingerprint density at radius 3 is 2.58 bits per heavy atom. The van der Waals surface area contributed by atoms with Crippen LogP contribution in [0.3, 0.4) is 0 Å². The smallest absolute Gasteiger partial charge is 0.341 e. The molecule has 4 aromatic rings. The number of carbonyl (C=O) groups excluding carboxylic acids is 2. The van der Waals surface area contributed by atoms with Gasteiger partial charge in [-0.25, -0.2) is 14.3 Å². The van der Waals surface area contributed by atoms with E-state index in [1.54, 1.807) is 6.92 Å². The third-order valence-electron chi connectivity index (χ3n) is 5.32. The molecule has 0 aliphatic rings. The summed E-state index contributed by atoms with van der Waals surface area (Å²) in [6.45, 7) is 6.57. The molecule has 4 rings (SSSR count). The number of anilines is 1. The molecular formula is C25H26N3O3S2+. The third kappa shape index (κ3) is 5.12. The maximum absolute atomic E-state index is 12.8. The van der Waals surface area contributed by atoms with E-state index in [9.17, 15) is 9.59 Å². The minimum Gasteiger partial charge on any atom is -0.462 e. The van der Waals surface area contributed by atoms with Crippen molar-refractivity contribution in [1.29, 1.82) is 0 Å². The largest absolute Gasteiger partial charge is 0.462 e. The number of aromatic amines is 1. The zero-order valence-corrected chi connectivity index (χ0v) is 20.4. The highest BCUT2D eigenvalue weighted by molar-refractivity contribution is 7.99. The lowest BCUT2D eigenvalue weighted by Crippen LogP contribution is -2.35. The second-order valence-electron chi connectivity index (χ2n) is 7.56. The molecule has 170 valence electrons. The second-order valence-corrected chi connectivity index (χ2v) is 9.75. The molecule has 0 aliphatic heterocycles. The van der Waals surface area contributed by atoms with Crippen LogP contribution in [0.2, 0.25) is 0 Å². The van der Waals surface area contributed by atoms with Crippen LogP contribution in [-0.2, 0) is 16.1 Å². The van der Waals surface area contributed by atoms with Gasteiger partial charge in [-0.1, -0.05) is 42.5 Å². The molecule has 0 bridgehead atoms. The van der Waals surface area contributed by atoms with Crippen LogP contribution in [0, 0.1) is 13.8 Å². The number of H-pyrrole nitrogens is 1. The highest BCUT2D eigenvalue weighted by Crippen LogP contribution is 2.33. The molecule has 2 heterocycles. The Morgan fingerprint density at radius 2 is 1.82 bits per heavy atom. The Hall–Kier alpha value is -3.10. The molecule has 0 atom stereocenters. The van der Waals surface area contributed by atoms with Gasteiger partial charge in [-0.05, 0) is 55.8 Å². The normalized spacial score (nSPS) is 11.0. The lowest BCUT2D eigenvalue weighted by Gasteiger charge is -2.07. The molecule has 0 radical (unpaired) electrons. The first-order valence-electron chi connectivity index (χ1n) is 10.7. The fourth-order valence-electron chi connectivity index (χ4n) is 3.60. The summed E-state index contributed by atoms with van der Waals surface area (Å²) in [5.74, 6) is -0.366. The number of ether oxygens (including phenoxy) is 1. The summed E-state index contributed by atoms with van der Waals surface area (Å²) in [4.78, 5) is 29.6. The van der Waals surface area contributed by atoms with Gasteiger partial charge in [0.1, 0.15) is 11.5 Å². The molecule has 2 aromatic carbocycles. The number of hydrogen-bond donors (Lipinski definition) is 2. The highest BCUT2D eigenvalue weighted by Gasteiger charge is 2.24. The Morgan fingerprint density at radius 1 is 1.09 bits per heavy atom. The van der Waals surface area contributed by atoms with Crippen molar-refractivity contribution >= 4 is 51.0 Å². The summed E-state index contributed by atoms with van der Waals surface area (Å²) in [5.41, 5.74) is 4.58. The van der Waals surface area contributed by atoms with Crippen LogP contribution in [0.5, 0.6) is 0 Å². The molecule has 0 spiro atoms. The predicted octanol–water partition coefficient (Wildman–Crippen LogP) is 5.09. The van der Waals surface area contributed by atoms with Crippen molar-refractivity contribution < 1.29 is 18.9 Å². The van der Waals surface area contributed by atoms with Gasteiger partial charge in [0, 0.05) is 4.88 Å². The molecule has 2 aromatic heterocycles. The minimum atomic E-state index is -0.404. The van der Waals surface area contributed by atoms with Gasteiger partial charge in [0.25, 0.3) is 0 Å². The maximum atomic E-state index is 12.8. The molecule has 2 N–H and O–H groups in total. The van der Waals surface area contributed by atoms with Crippen LogP contribution in [0.1, 0.15) is 33.3 Å². The van der Waals surface area contributed by atoms with Crippen LogP contribution < -0.4 is 9.88 Å². The fraction of sp³-hybridized carbons (Fsp3) is 0.240. The minimum absolute atomic E-state index is 0.170. The summed E-state index contributed by atoms with van der Waals surface area (Å²) in [6.07, 6.45) is 0. The van der Waals surface area contributed by atoms with Gasteiger partial charge in [-0.2, -0.15) is 0 Å². The van der Waals surface area contributed by atoms with E-state index in [1.165, 1.54) is 28.7 Å². The van der Waals surface area contributed by atoms with Crippen molar-refractivity contribution in [1.82, 2.24) is 4.98 Å². The van der Waals surface area contributed by atoms with E-state index in [-0.39, 0.29) is 18.3 Å². The first-order chi connectivity index (χ1) is 16.0. The molecule has 8 heteroatoms. The quantitative estimate of drug-likeness (QED) is 0.209. The number of carbonyl (C=O) groups is 2. The zero-order valence-electron chi connectivity index (χ0n) is 18.8. The zero-order chi connectivity index (χ0) is 23.4. The van der Waals surface area contributed by atoms with E-state index in [4.69, 9.17) is 4.74 Å². The summed E-state index contributed by atoms with van der Waals surface area (Å²) < 4.78 is 7.37. The van der Waals surface area contributed by atoms with E-state index in [2.05, 4.69) is 33.1 Å². The molecule has 33 heavy (non-hydrogen) atoms. The van der Waals surface area contributed by atoms with Gasteiger partial charge in [-0.3, -0.25) is 4.79 Å². The number of imidazole rings is 1. The summed E-state index contributed by atoms with van der Waals surface area (Å²) >= 11 is 2.84. The SMILES string of the molecule is CCOC(=O)c1c(NC(=O)CSc2[nH]c3ccccc3[n+]2Cc2ccccc2)sc(C)c1C. The van der Waals surface area contributed by atoms with Gasteiger partial charge in [0.2, 0.25) is 5.91 Å². The number of thiophene rings is 1. The van der Waals surface area contributed by atoms with Gasteiger partial charge >= 0.3 is 11.1 Å². The number of rotatable bonds is 8. The second kappa shape index (κ2) is 10.2. The van der Waals surface area contributed by atoms with E-state index in [0.717, 1.165) is 26.6 Å². The van der Waals surface area contributed by atoms with Crippen molar-refractivity contribution in [3.05, 3.63) is 76.2 Å². The number of aromatic nitrogens is 2. The average molecular weight is 481 g/mol. The monoisotopic (exact) mass is 480 g/mol. The lowest BCUT2D eigenvalue weighted by atomic mass is 10.1. The third-order valence-corrected chi connectivity index (χ3v) is 7.45. The van der Waals surface area contributed by atoms with E-state index < -0.39 is 5.97 Å². The Bertz CT molecular complexity index is 1300. The number of esters is 1. The number of aryl methyl sites for hydroxylation is 1. The Kier molecular flexibility index (Phi) is 7.15. The predicted molar refractivity (Wildman–Crippen MR) is 133 cm³/mol. The molecular weight excluding hydrogens is 454 g/mol. The summed E-state index contributed by atoms with van der Waals surface area (Å²) in [6, 6.07) is 18.3. The lowest BCUT2D eigenvalue weighted by molar-refractivity contribution is -0.700. The molecule has 0 saturated heterocycles. The standard InChI is InChI=1S/C25H25N3O3S2/c1-4-31-24(30)22-16(2)17(3)33-23(22)27-21(29)15-32-25-26-19-12-8-9-13-20(19)28(25)14-18-10-6-5-7-11-18/h5-13H,4,14-15H2,1-3H3,(H,27,29,30)/p+1. The van der Waals surface area contributed by atoms with E-state index in [1.807, 2.05) is 50.2 Å². The first kappa shape index (κ1) is 23.1. The van der Waals surface area contributed by atoms with Crippen molar-refractivity contribution in [3.63, 3.8) is 0 Å². The number of para-hydroxylation sites is 2. The van der Waals surface area contributed by atoms with Crippen LogP contribution >= 0.6 is 23.1 Å². The van der Waals surface area contributed by atoms with Gasteiger partial charge in [0.05, 0.1) is 17.9 Å². The molecule has 0 unspecified atom stereocenters. The van der Waals surface area contributed by atoms with Crippen LogP contribution in [-0.4, -0.2) is 29.2 Å². The van der Waals surface area contributed by atoms with Crippen molar-refractivity contribution in [2.45, 2.75) is 32.5 Å². The van der Waals surface area contributed by atoms with E-state index >= 15 is 0 Å². The number of fused-ring (bicyclic) bond motifs is 1. The maximum Gasteiger partial charge on any atom is 0.341 e. The van der Waals surface area contributed by atoms with Gasteiger partial charge in [-0.15, -0.1) is 11.3 Å². The van der Waals surface area contributed by atoms with Crippen LogP contribution in [0.15, 0.2) is 59.8 Å². The van der Waals surface area contributed by atoms with Crippen molar-refractivity contribution in [2.75, 3.05) is 17.7 Å². The molecule has 6 nitrogen and oxygen atoms in total. The number of nitrogens with one attached hydrogen (secondary N) is 2. The fourth-order valence-corrected chi connectivity index (χ4v) is 5.51. The molecule has 0 fully saturated rings. The Balaban J connectivity index is 1.53. The first-order valence-corrected chi connectivity index (χ1v) is 12.5.